The van der Waals surface area contributed by atoms with Gasteiger partial charge in [0.1, 0.15) is 35.8 Å². The fourth-order valence-electron chi connectivity index (χ4n) is 11.9. The third-order valence-electron chi connectivity index (χ3n) is 14.2. The number of carbonyl (C=O) groups excluding carboxylic acids is 4. The van der Waals surface area contributed by atoms with Crippen LogP contribution in [0.15, 0.2) is 11.8 Å². The molecule has 0 aromatic rings. The maximum atomic E-state index is 14.4. The van der Waals surface area contributed by atoms with Crippen LogP contribution >= 0.6 is 0 Å². The first-order valence-electron chi connectivity index (χ1n) is 17.0. The molecule has 2 saturated heterocycles. The Bertz CT molecular complexity index is 1470. The largest absolute Gasteiger partial charge is 0.462 e. The molecule has 0 amide bonds. The lowest BCUT2D eigenvalue weighted by atomic mass is 9.40. The van der Waals surface area contributed by atoms with E-state index in [9.17, 15) is 39.6 Å². The van der Waals surface area contributed by atoms with Gasteiger partial charge in [-0.25, -0.2) is 4.79 Å². The van der Waals surface area contributed by atoms with Crippen LogP contribution in [-0.4, -0.2) is 91.9 Å². The normalized spacial score (nSPS) is 55.4. The number of aliphatic hydroxyl groups excluding tert-OH is 2. The Labute approximate surface area is 274 Å². The van der Waals surface area contributed by atoms with Crippen LogP contribution in [0.1, 0.15) is 74.7 Å². The number of fused-ring (bicyclic) bond motifs is 10. The predicted octanol–water partition coefficient (Wildman–Crippen LogP) is 1.44. The Morgan fingerprint density at radius 2 is 1.70 bits per heavy atom. The predicted molar refractivity (Wildman–Crippen MR) is 160 cm³/mol. The van der Waals surface area contributed by atoms with E-state index < -0.39 is 117 Å². The van der Waals surface area contributed by atoms with E-state index in [1.165, 1.54) is 13.8 Å². The number of hydrogen-bond acceptors (Lipinski definition) is 12. The summed E-state index contributed by atoms with van der Waals surface area (Å²) in [6.45, 7) is 13.6. The molecule has 5 aliphatic carbocycles. The van der Waals surface area contributed by atoms with Crippen LogP contribution in [-0.2, 0) is 38.1 Å². The van der Waals surface area contributed by atoms with Gasteiger partial charge in [-0.1, -0.05) is 34.6 Å². The highest BCUT2D eigenvalue weighted by atomic mass is 16.6. The van der Waals surface area contributed by atoms with Gasteiger partial charge in [0.25, 0.3) is 0 Å². The van der Waals surface area contributed by atoms with Gasteiger partial charge >= 0.3 is 17.9 Å². The summed E-state index contributed by atoms with van der Waals surface area (Å²) in [6.07, 6.45) is -4.14. The first-order chi connectivity index (χ1) is 21.7. The number of hydrogen-bond donors (Lipinski definition) is 4. The van der Waals surface area contributed by atoms with E-state index in [0.717, 1.165) is 0 Å². The number of ether oxygens (including phenoxy) is 4. The lowest BCUT2D eigenvalue weighted by Crippen LogP contribution is -2.77. The van der Waals surface area contributed by atoms with Crippen molar-refractivity contribution in [1.82, 2.24) is 0 Å². The van der Waals surface area contributed by atoms with Crippen molar-refractivity contribution in [3.63, 3.8) is 0 Å². The Hall–Kier alpha value is -2.38. The van der Waals surface area contributed by atoms with E-state index >= 15 is 0 Å². The van der Waals surface area contributed by atoms with E-state index in [0.29, 0.717) is 0 Å². The molecule has 4 N–H and O–H groups in total. The van der Waals surface area contributed by atoms with Gasteiger partial charge < -0.3 is 39.4 Å². The molecular weight excluding hydrogens is 612 g/mol. The minimum Gasteiger partial charge on any atom is -0.462 e. The smallest absolute Gasteiger partial charge is 0.343 e. The van der Waals surface area contributed by atoms with Gasteiger partial charge in [-0.3, -0.25) is 14.4 Å². The van der Waals surface area contributed by atoms with Gasteiger partial charge in [-0.2, -0.15) is 0 Å². The van der Waals surface area contributed by atoms with Gasteiger partial charge in [-0.05, 0) is 50.0 Å². The van der Waals surface area contributed by atoms with Crippen LogP contribution in [0.3, 0.4) is 0 Å². The lowest BCUT2D eigenvalue weighted by Gasteiger charge is -2.65. The fraction of sp³-hybridized carbons (Fsp3) is 0.829. The van der Waals surface area contributed by atoms with Crippen molar-refractivity contribution >= 4 is 23.7 Å². The monoisotopic (exact) mass is 660 g/mol. The molecule has 0 aromatic carbocycles. The lowest BCUT2D eigenvalue weighted by molar-refractivity contribution is -0.267. The standard InChI is InChI=1S/C35H48O12/c1-13(2)9-20(37)47-29-27-17(45-27)12-35(43)28(40)25(38)21-16(32(29,35)6)11-18(44-15(4)36)31(5)22-14(3)10-19-33(7,24(22)26(39)23(21)31)34(8,42)30(41)46-19/h10,13-14,16-18,21-27,29,38-39,42-43H,9,11-12H2,1-8H3/t14-,16+,17+,18+,21-,22+,23-,24+,25-,26-,27+,29+,31-,32+,33+,34-,35+/m1/s1. The molecule has 12 heteroatoms. The van der Waals surface area contributed by atoms with Gasteiger partial charge in [0.05, 0.1) is 17.6 Å². The molecule has 7 rings (SSSR count). The molecule has 12 nitrogen and oxygen atoms in total. The van der Waals surface area contributed by atoms with Crippen LogP contribution in [0.2, 0.25) is 0 Å². The van der Waals surface area contributed by atoms with Crippen LogP contribution in [0.25, 0.3) is 0 Å². The number of rotatable bonds is 4. The second-order valence-electron chi connectivity index (χ2n) is 16.8. The number of Topliss-reactive ketones (excluding diaryl/α,β-unsaturated/α-hetero) is 1. The second-order valence-corrected chi connectivity index (χ2v) is 16.8. The van der Waals surface area contributed by atoms with E-state index in [1.54, 1.807) is 19.9 Å². The van der Waals surface area contributed by atoms with Crippen molar-refractivity contribution in [2.45, 2.75) is 122 Å². The zero-order chi connectivity index (χ0) is 34.5. The molecule has 4 saturated carbocycles. The van der Waals surface area contributed by atoms with E-state index in [-0.39, 0.29) is 36.9 Å². The van der Waals surface area contributed by atoms with Crippen molar-refractivity contribution in [3.8, 4) is 0 Å². The molecule has 260 valence electrons. The molecule has 0 aromatic heterocycles. The molecule has 2 heterocycles. The molecule has 0 bridgehead atoms. The van der Waals surface area contributed by atoms with E-state index in [1.807, 2.05) is 27.7 Å². The van der Waals surface area contributed by atoms with Crippen molar-refractivity contribution in [2.24, 2.45) is 57.7 Å². The summed E-state index contributed by atoms with van der Waals surface area (Å²) in [6, 6.07) is 0. The minimum atomic E-state index is -2.14. The quantitative estimate of drug-likeness (QED) is 0.193. The molecular formula is C35H48O12. The van der Waals surface area contributed by atoms with Gasteiger partial charge in [0.15, 0.2) is 11.4 Å². The summed E-state index contributed by atoms with van der Waals surface area (Å²) in [4.78, 5) is 53.4. The highest BCUT2D eigenvalue weighted by Crippen LogP contribution is 2.75. The summed E-state index contributed by atoms with van der Waals surface area (Å²) in [5.41, 5.74) is -8.06. The number of aliphatic hydroxyl groups is 4. The summed E-state index contributed by atoms with van der Waals surface area (Å²) < 4.78 is 23.7. The maximum absolute atomic E-state index is 14.4. The third kappa shape index (κ3) is 3.82. The Balaban J connectivity index is 1.41. The fourth-order valence-corrected chi connectivity index (χ4v) is 11.9. The minimum absolute atomic E-state index is 0.0116. The highest BCUT2D eigenvalue weighted by Gasteiger charge is 2.83. The summed E-state index contributed by atoms with van der Waals surface area (Å²) >= 11 is 0. The first-order valence-corrected chi connectivity index (χ1v) is 17.0. The van der Waals surface area contributed by atoms with Crippen LogP contribution in [0, 0.1) is 57.7 Å². The summed E-state index contributed by atoms with van der Waals surface area (Å²) in [5, 5.41) is 48.7. The van der Waals surface area contributed by atoms with Gasteiger partial charge in [0, 0.05) is 48.3 Å². The molecule has 6 fully saturated rings. The van der Waals surface area contributed by atoms with Crippen molar-refractivity contribution in [3.05, 3.63) is 11.8 Å². The van der Waals surface area contributed by atoms with Crippen molar-refractivity contribution < 1.29 is 58.6 Å². The van der Waals surface area contributed by atoms with Crippen LogP contribution in [0.5, 0.6) is 0 Å². The molecule has 0 radical (unpaired) electrons. The average Bonchev–Trinajstić information content (AvgIpc) is 3.63. The topological polar surface area (TPSA) is 189 Å². The molecule has 0 spiro atoms. The SMILES string of the molecule is CC(=O)O[C@H]1C[C@H]2[C@H]([C@@H]3[C@@H](O)[C@@H]4[C@H]([C@H](C)C=C5OC(=O)[C@@](C)(O)[C@@]54C)[C@]31C)[C@@H](O)C(=O)[C@@]1(O)C[C@@H]3O[C@@H]3[C@H](OC(=O)CC(C)C)[C@]21C. The molecule has 47 heavy (non-hydrogen) atoms. The number of esters is 3. The number of carbonyl (C=O) groups is 4. The second kappa shape index (κ2) is 9.87. The first kappa shape index (κ1) is 33.1. The zero-order valence-corrected chi connectivity index (χ0v) is 28.3. The van der Waals surface area contributed by atoms with Crippen molar-refractivity contribution in [2.75, 3.05) is 0 Å². The molecule has 17 atom stereocenters. The summed E-state index contributed by atoms with van der Waals surface area (Å²) in [5.74, 6) is -6.73. The molecule has 0 unspecified atom stereocenters. The van der Waals surface area contributed by atoms with Crippen LogP contribution in [0.4, 0.5) is 0 Å². The molecule has 7 aliphatic rings. The van der Waals surface area contributed by atoms with E-state index in [4.69, 9.17) is 18.9 Å². The average molecular weight is 661 g/mol. The van der Waals surface area contributed by atoms with Gasteiger partial charge in [-0.15, -0.1) is 0 Å². The Morgan fingerprint density at radius 3 is 2.32 bits per heavy atom. The van der Waals surface area contributed by atoms with Crippen LogP contribution < -0.4 is 0 Å². The zero-order valence-electron chi connectivity index (χ0n) is 28.3. The maximum Gasteiger partial charge on any atom is 0.343 e. The number of ketones is 1. The molecule has 2 aliphatic heterocycles. The summed E-state index contributed by atoms with van der Waals surface area (Å²) in [7, 11) is 0. The highest BCUT2D eigenvalue weighted by molar-refractivity contribution is 5.94. The number of epoxide rings is 1. The van der Waals surface area contributed by atoms with Crippen molar-refractivity contribution in [1.29, 1.82) is 0 Å². The number of allylic oxidation sites excluding steroid dienone is 1. The Kier molecular flexibility index (Phi) is 6.95. The van der Waals surface area contributed by atoms with E-state index in [2.05, 4.69) is 0 Å². The van der Waals surface area contributed by atoms with Gasteiger partial charge in [0.2, 0.25) is 0 Å². The third-order valence-corrected chi connectivity index (χ3v) is 14.2. The Morgan fingerprint density at radius 1 is 1.04 bits per heavy atom.